The fourth-order valence-electron chi connectivity index (χ4n) is 4.93. The summed E-state index contributed by atoms with van der Waals surface area (Å²) < 4.78 is 0. The molecule has 1 saturated carbocycles. The molecule has 0 bridgehead atoms. The molecule has 3 atom stereocenters. The third-order valence-electron chi connectivity index (χ3n) is 6.60. The van der Waals surface area contributed by atoms with Crippen LogP contribution < -0.4 is 11.1 Å². The summed E-state index contributed by atoms with van der Waals surface area (Å²) in [5, 5.41) is 10.00. The van der Waals surface area contributed by atoms with Crippen molar-refractivity contribution in [3.63, 3.8) is 0 Å². The van der Waals surface area contributed by atoms with Crippen LogP contribution in [-0.2, 0) is 16.1 Å². The molecule has 2 fully saturated rings. The number of nitrogens with zero attached hydrogens (tertiary/aromatic N) is 3. The second-order valence-electron chi connectivity index (χ2n) is 8.61. The lowest BCUT2D eigenvalue weighted by molar-refractivity contribution is -0.133. The van der Waals surface area contributed by atoms with Gasteiger partial charge in [0.2, 0.25) is 11.8 Å². The average molecular weight is 425 g/mol. The number of hydrogen-bond donors (Lipinski definition) is 3. The second kappa shape index (κ2) is 10.1. The Morgan fingerprint density at radius 3 is 2.52 bits per heavy atom. The Kier molecular flexibility index (Phi) is 6.99. The molecule has 1 aliphatic heterocycles. The largest absolute Gasteiger partial charge is 0.368 e. The first kappa shape index (κ1) is 21.5. The third kappa shape index (κ3) is 5.32. The van der Waals surface area contributed by atoms with E-state index in [0.717, 1.165) is 69.7 Å². The normalized spacial score (nSPS) is 23.9. The predicted molar refractivity (Wildman–Crippen MR) is 118 cm³/mol. The van der Waals surface area contributed by atoms with Gasteiger partial charge in [0, 0.05) is 50.7 Å². The minimum atomic E-state index is -0.789. The van der Waals surface area contributed by atoms with Gasteiger partial charge in [-0.2, -0.15) is 5.10 Å². The van der Waals surface area contributed by atoms with Gasteiger partial charge in [-0.05, 0) is 24.5 Å². The van der Waals surface area contributed by atoms with Gasteiger partial charge in [0.05, 0.1) is 5.92 Å². The summed E-state index contributed by atoms with van der Waals surface area (Å²) in [4.78, 5) is 30.2. The van der Waals surface area contributed by atoms with Crippen LogP contribution in [0.2, 0.25) is 0 Å². The summed E-state index contributed by atoms with van der Waals surface area (Å²) in [6.07, 6.45) is 5.84. The summed E-state index contributed by atoms with van der Waals surface area (Å²) >= 11 is 0. The Morgan fingerprint density at radius 2 is 1.84 bits per heavy atom. The lowest BCUT2D eigenvalue weighted by Gasteiger charge is -2.43. The van der Waals surface area contributed by atoms with E-state index in [-0.39, 0.29) is 17.9 Å². The standard InChI is InChI=1S/C23H32N6O2/c24-22(30)21(17-6-2-1-3-7-17)26-23(31)19-8-4-5-9-20(19)29-14-12-28(13-15-29)16-18-10-11-25-27-18/h1-3,6-7,10-11,19-21H,4-5,8-9,12-16H2,(H2,24,30)(H,25,27)(H,26,31)/t19-,20-,21+/m1/s1. The van der Waals surface area contributed by atoms with Gasteiger partial charge < -0.3 is 11.1 Å². The van der Waals surface area contributed by atoms with Gasteiger partial charge in [0.25, 0.3) is 0 Å². The van der Waals surface area contributed by atoms with Crippen molar-refractivity contribution < 1.29 is 9.59 Å². The molecule has 2 aromatic rings. The molecule has 1 aromatic heterocycles. The van der Waals surface area contributed by atoms with Gasteiger partial charge in [-0.15, -0.1) is 0 Å². The maximum absolute atomic E-state index is 13.2. The highest BCUT2D eigenvalue weighted by Crippen LogP contribution is 2.30. The Bertz CT molecular complexity index is 848. The number of amides is 2. The molecule has 8 nitrogen and oxygen atoms in total. The highest BCUT2D eigenvalue weighted by molar-refractivity contribution is 5.88. The fraction of sp³-hybridized carbons (Fsp3) is 0.522. The van der Waals surface area contributed by atoms with Gasteiger partial charge in [0.15, 0.2) is 0 Å². The number of rotatable bonds is 7. The van der Waals surface area contributed by atoms with E-state index in [1.807, 2.05) is 36.4 Å². The zero-order chi connectivity index (χ0) is 21.6. The van der Waals surface area contributed by atoms with Crippen LogP contribution in [0.5, 0.6) is 0 Å². The first-order chi connectivity index (χ1) is 15.1. The fourth-order valence-corrected chi connectivity index (χ4v) is 4.93. The van der Waals surface area contributed by atoms with Crippen LogP contribution in [0.4, 0.5) is 0 Å². The summed E-state index contributed by atoms with van der Waals surface area (Å²) in [6.45, 7) is 4.70. The summed E-state index contributed by atoms with van der Waals surface area (Å²) in [5.41, 5.74) is 7.47. The maximum Gasteiger partial charge on any atom is 0.244 e. The van der Waals surface area contributed by atoms with E-state index in [1.54, 1.807) is 6.20 Å². The number of piperazine rings is 1. The molecule has 1 aliphatic carbocycles. The number of nitrogens with two attached hydrogens (primary N) is 1. The molecule has 0 radical (unpaired) electrons. The number of primary amides is 1. The molecule has 8 heteroatoms. The van der Waals surface area contributed by atoms with Crippen molar-refractivity contribution in [1.82, 2.24) is 25.3 Å². The topological polar surface area (TPSA) is 107 Å². The van der Waals surface area contributed by atoms with Crippen LogP contribution in [0.1, 0.15) is 43.0 Å². The Morgan fingerprint density at radius 1 is 1.10 bits per heavy atom. The second-order valence-corrected chi connectivity index (χ2v) is 8.61. The zero-order valence-corrected chi connectivity index (χ0v) is 17.9. The minimum Gasteiger partial charge on any atom is -0.368 e. The third-order valence-corrected chi connectivity index (χ3v) is 6.60. The van der Waals surface area contributed by atoms with Crippen molar-refractivity contribution in [3.05, 3.63) is 53.9 Å². The van der Waals surface area contributed by atoms with Crippen molar-refractivity contribution in [2.45, 2.75) is 44.3 Å². The van der Waals surface area contributed by atoms with E-state index in [9.17, 15) is 9.59 Å². The van der Waals surface area contributed by atoms with Crippen LogP contribution >= 0.6 is 0 Å². The highest BCUT2D eigenvalue weighted by atomic mass is 16.2. The van der Waals surface area contributed by atoms with Gasteiger partial charge >= 0.3 is 0 Å². The van der Waals surface area contributed by atoms with E-state index in [0.29, 0.717) is 0 Å². The number of H-pyrrole nitrogens is 1. The molecule has 2 heterocycles. The lowest BCUT2D eigenvalue weighted by Crippen LogP contribution is -2.55. The molecule has 2 aliphatic rings. The van der Waals surface area contributed by atoms with E-state index in [4.69, 9.17) is 5.73 Å². The Balaban J connectivity index is 1.38. The first-order valence-corrected chi connectivity index (χ1v) is 11.2. The SMILES string of the molecule is NC(=O)[C@@H](NC(=O)[C@@H]1CCCC[C@H]1N1CCN(Cc2ccn[nH]2)CC1)c1ccccc1. The maximum atomic E-state index is 13.2. The number of benzene rings is 1. The van der Waals surface area contributed by atoms with Crippen LogP contribution in [0, 0.1) is 5.92 Å². The Labute approximate surface area is 183 Å². The number of hydrogen-bond acceptors (Lipinski definition) is 5. The molecule has 31 heavy (non-hydrogen) atoms. The molecule has 1 aromatic carbocycles. The van der Waals surface area contributed by atoms with Crippen LogP contribution in [0.15, 0.2) is 42.6 Å². The van der Waals surface area contributed by atoms with Gasteiger partial charge in [-0.25, -0.2) is 0 Å². The average Bonchev–Trinajstić information content (AvgIpc) is 3.31. The summed E-state index contributed by atoms with van der Waals surface area (Å²) in [6, 6.07) is 10.7. The number of aromatic amines is 1. The van der Waals surface area contributed by atoms with Crippen molar-refractivity contribution in [3.8, 4) is 0 Å². The smallest absolute Gasteiger partial charge is 0.244 e. The summed E-state index contributed by atoms with van der Waals surface area (Å²) in [7, 11) is 0. The molecular weight excluding hydrogens is 392 g/mol. The molecule has 166 valence electrons. The van der Waals surface area contributed by atoms with Gasteiger partial charge in [-0.3, -0.25) is 24.5 Å². The van der Waals surface area contributed by atoms with Gasteiger partial charge in [-0.1, -0.05) is 43.2 Å². The summed E-state index contributed by atoms with van der Waals surface area (Å²) in [5.74, 6) is -0.699. The van der Waals surface area contributed by atoms with Crippen molar-refractivity contribution in [2.24, 2.45) is 11.7 Å². The zero-order valence-electron chi connectivity index (χ0n) is 17.9. The van der Waals surface area contributed by atoms with E-state index >= 15 is 0 Å². The molecule has 1 saturated heterocycles. The van der Waals surface area contributed by atoms with Crippen LogP contribution in [0.25, 0.3) is 0 Å². The van der Waals surface area contributed by atoms with E-state index < -0.39 is 11.9 Å². The predicted octanol–water partition coefficient (Wildman–Crippen LogP) is 1.43. The molecule has 4 rings (SSSR count). The van der Waals surface area contributed by atoms with E-state index in [2.05, 4.69) is 25.3 Å². The minimum absolute atomic E-state index is 0.0581. The van der Waals surface area contributed by atoms with Crippen molar-refractivity contribution >= 4 is 11.8 Å². The van der Waals surface area contributed by atoms with Gasteiger partial charge in [0.1, 0.15) is 6.04 Å². The monoisotopic (exact) mass is 424 g/mol. The Hall–Kier alpha value is -2.71. The molecular formula is C23H32N6O2. The van der Waals surface area contributed by atoms with Crippen LogP contribution in [-0.4, -0.2) is 64.0 Å². The first-order valence-electron chi connectivity index (χ1n) is 11.2. The highest BCUT2D eigenvalue weighted by Gasteiger charge is 2.37. The lowest BCUT2D eigenvalue weighted by atomic mass is 9.82. The van der Waals surface area contributed by atoms with Crippen LogP contribution in [0.3, 0.4) is 0 Å². The number of nitrogens with one attached hydrogen (secondary N) is 2. The number of carbonyl (C=O) groups excluding carboxylic acids is 2. The van der Waals surface area contributed by atoms with Crippen molar-refractivity contribution in [2.75, 3.05) is 26.2 Å². The molecule has 2 amide bonds. The number of carbonyl (C=O) groups is 2. The molecule has 0 spiro atoms. The molecule has 4 N–H and O–H groups in total. The number of aromatic nitrogens is 2. The van der Waals surface area contributed by atoms with E-state index in [1.165, 1.54) is 0 Å². The molecule has 0 unspecified atom stereocenters. The van der Waals surface area contributed by atoms with Crippen molar-refractivity contribution in [1.29, 1.82) is 0 Å². The quantitative estimate of drug-likeness (QED) is 0.623.